The van der Waals surface area contributed by atoms with Crippen LogP contribution in [-0.4, -0.2) is 21.6 Å². The molecule has 3 aromatic carbocycles. The highest BCUT2D eigenvalue weighted by Crippen LogP contribution is 2.51. The molecule has 1 saturated carbocycles. The lowest BCUT2D eigenvalue weighted by molar-refractivity contribution is -0.137. The van der Waals surface area contributed by atoms with Gasteiger partial charge in [0.05, 0.1) is 5.52 Å². The minimum Gasteiger partial charge on any atom is -0.481 e. The second-order valence-electron chi connectivity index (χ2n) is 13.6. The summed E-state index contributed by atoms with van der Waals surface area (Å²) in [7, 11) is 0. The summed E-state index contributed by atoms with van der Waals surface area (Å²) < 4.78 is 1.76. The molecule has 1 fully saturated rings. The zero-order valence-corrected chi connectivity index (χ0v) is 24.6. The average molecular weight is 548 g/mol. The van der Waals surface area contributed by atoms with Gasteiger partial charge in [-0.2, -0.15) is 0 Å². The first-order valence-electron chi connectivity index (χ1n) is 15.2. The molecule has 1 aromatic heterocycles. The van der Waals surface area contributed by atoms with Crippen LogP contribution in [0.2, 0.25) is 0 Å². The fourth-order valence-corrected chi connectivity index (χ4v) is 7.33. The van der Waals surface area contributed by atoms with Gasteiger partial charge in [0, 0.05) is 23.6 Å². The number of carbonyl (C=O) groups is 2. The highest BCUT2D eigenvalue weighted by molar-refractivity contribution is 6.03. The Kier molecular flexibility index (Phi) is 7.13. The number of aromatic nitrogens is 1. The third-order valence-corrected chi connectivity index (χ3v) is 9.73. The highest BCUT2D eigenvalue weighted by Gasteiger charge is 2.40. The summed E-state index contributed by atoms with van der Waals surface area (Å²) in [4.78, 5) is 24.8. The Morgan fingerprint density at radius 1 is 0.927 bits per heavy atom. The number of aliphatic carboxylic acids is 1. The molecular formula is C37H41NO3. The predicted octanol–water partition coefficient (Wildman–Crippen LogP) is 8.48. The summed E-state index contributed by atoms with van der Waals surface area (Å²) in [6, 6.07) is 23.6. The van der Waals surface area contributed by atoms with Crippen LogP contribution in [0.15, 0.2) is 72.9 Å². The number of hydrogen-bond acceptors (Lipinski definition) is 2. The summed E-state index contributed by atoms with van der Waals surface area (Å²) in [5, 5.41) is 10.1. The lowest BCUT2D eigenvalue weighted by atomic mass is 9.67. The minimum absolute atomic E-state index is 0.0168. The van der Waals surface area contributed by atoms with Crippen molar-refractivity contribution in [2.75, 3.05) is 0 Å². The third kappa shape index (κ3) is 5.49. The molecule has 4 aromatic rings. The van der Waals surface area contributed by atoms with Crippen molar-refractivity contribution in [2.45, 2.75) is 89.9 Å². The lowest BCUT2D eigenvalue weighted by Crippen LogP contribution is -2.27. The fraction of sp³-hybridized carbons (Fsp3) is 0.405. The van der Waals surface area contributed by atoms with E-state index in [9.17, 15) is 9.59 Å². The molecule has 2 aliphatic carbocycles. The van der Waals surface area contributed by atoms with Crippen molar-refractivity contribution in [1.29, 1.82) is 0 Å². The van der Waals surface area contributed by atoms with Gasteiger partial charge in [0.25, 0.3) is 5.91 Å². The Balaban J connectivity index is 1.16. The highest BCUT2D eigenvalue weighted by atomic mass is 16.4. The molecule has 4 heteroatoms. The Morgan fingerprint density at radius 3 is 2.34 bits per heavy atom. The van der Waals surface area contributed by atoms with Crippen LogP contribution < -0.4 is 0 Å². The van der Waals surface area contributed by atoms with E-state index < -0.39 is 5.97 Å². The SMILES string of the molecule is CC(C)(C)c1ccc(C2CCC3(CC2)Cc2ccc(C(=O)n4cc(CCCC(=O)O)c5ccccc54)cc2C3)cc1. The predicted molar refractivity (Wildman–Crippen MR) is 165 cm³/mol. The molecule has 0 unspecified atom stereocenters. The van der Waals surface area contributed by atoms with E-state index in [1.165, 1.54) is 47.9 Å². The number of aryl methyl sites for hydroxylation is 1. The smallest absolute Gasteiger partial charge is 0.303 e. The maximum absolute atomic E-state index is 13.8. The molecule has 0 saturated heterocycles. The lowest BCUT2D eigenvalue weighted by Gasteiger charge is -2.37. The van der Waals surface area contributed by atoms with E-state index >= 15 is 0 Å². The first-order valence-corrected chi connectivity index (χ1v) is 15.2. The molecule has 1 heterocycles. The maximum atomic E-state index is 13.8. The number of carbonyl (C=O) groups excluding carboxylic acids is 1. The molecule has 0 bridgehead atoms. The van der Waals surface area contributed by atoms with Gasteiger partial charge in [-0.3, -0.25) is 14.2 Å². The van der Waals surface area contributed by atoms with E-state index in [-0.39, 0.29) is 17.7 Å². The van der Waals surface area contributed by atoms with E-state index in [0.717, 1.165) is 34.9 Å². The monoisotopic (exact) mass is 547 g/mol. The van der Waals surface area contributed by atoms with Crippen LogP contribution in [0.3, 0.4) is 0 Å². The van der Waals surface area contributed by atoms with Crippen molar-refractivity contribution in [3.63, 3.8) is 0 Å². The first-order chi connectivity index (χ1) is 19.6. The molecule has 1 spiro atoms. The van der Waals surface area contributed by atoms with E-state index in [0.29, 0.717) is 24.2 Å². The van der Waals surface area contributed by atoms with Crippen LogP contribution in [0.25, 0.3) is 10.9 Å². The fourth-order valence-electron chi connectivity index (χ4n) is 7.33. The number of carboxylic acid groups (broad SMARTS) is 1. The molecule has 4 nitrogen and oxygen atoms in total. The van der Waals surface area contributed by atoms with E-state index in [2.05, 4.69) is 57.2 Å². The molecule has 2 aliphatic rings. The van der Waals surface area contributed by atoms with E-state index in [1.54, 1.807) is 4.57 Å². The van der Waals surface area contributed by atoms with Crippen molar-refractivity contribution in [3.8, 4) is 0 Å². The molecule has 6 rings (SSSR count). The van der Waals surface area contributed by atoms with Gasteiger partial charge in [0.15, 0.2) is 0 Å². The zero-order valence-electron chi connectivity index (χ0n) is 24.6. The van der Waals surface area contributed by atoms with Crippen molar-refractivity contribution >= 4 is 22.8 Å². The number of para-hydroxylation sites is 1. The molecular weight excluding hydrogens is 506 g/mol. The van der Waals surface area contributed by atoms with Crippen molar-refractivity contribution < 1.29 is 14.7 Å². The van der Waals surface area contributed by atoms with E-state index in [4.69, 9.17) is 5.11 Å². The summed E-state index contributed by atoms with van der Waals surface area (Å²) in [6.45, 7) is 6.81. The molecule has 0 aliphatic heterocycles. The van der Waals surface area contributed by atoms with Gasteiger partial charge < -0.3 is 5.11 Å². The Bertz CT molecular complexity index is 1590. The van der Waals surface area contributed by atoms with E-state index in [1.807, 2.05) is 36.5 Å². The summed E-state index contributed by atoms with van der Waals surface area (Å²) in [5.41, 5.74) is 8.76. The Morgan fingerprint density at radius 2 is 1.63 bits per heavy atom. The van der Waals surface area contributed by atoms with Gasteiger partial charge >= 0.3 is 5.97 Å². The Labute approximate surface area is 243 Å². The largest absolute Gasteiger partial charge is 0.481 e. The van der Waals surface area contributed by atoms with Crippen LogP contribution in [0.4, 0.5) is 0 Å². The maximum Gasteiger partial charge on any atom is 0.303 e. The quantitative estimate of drug-likeness (QED) is 0.263. The number of carboxylic acids is 1. The number of rotatable bonds is 6. The molecule has 41 heavy (non-hydrogen) atoms. The van der Waals surface area contributed by atoms with Gasteiger partial charge in [-0.25, -0.2) is 0 Å². The van der Waals surface area contributed by atoms with Crippen molar-refractivity contribution in [3.05, 3.63) is 106 Å². The second-order valence-corrected chi connectivity index (χ2v) is 13.6. The molecule has 0 radical (unpaired) electrons. The van der Waals surface area contributed by atoms with Gasteiger partial charge in [0.1, 0.15) is 0 Å². The van der Waals surface area contributed by atoms with Crippen LogP contribution in [-0.2, 0) is 29.5 Å². The van der Waals surface area contributed by atoms with Gasteiger partial charge in [-0.1, -0.05) is 69.3 Å². The molecule has 212 valence electrons. The summed E-state index contributed by atoms with van der Waals surface area (Å²) in [6.07, 6.45) is 10.4. The van der Waals surface area contributed by atoms with Crippen molar-refractivity contribution in [1.82, 2.24) is 4.57 Å². The average Bonchev–Trinajstić information content (AvgIpc) is 3.50. The van der Waals surface area contributed by atoms with Crippen LogP contribution in [0.5, 0.6) is 0 Å². The molecule has 0 atom stereocenters. The molecule has 0 amide bonds. The van der Waals surface area contributed by atoms with Crippen LogP contribution >= 0.6 is 0 Å². The van der Waals surface area contributed by atoms with Crippen LogP contribution in [0, 0.1) is 5.41 Å². The number of fused-ring (bicyclic) bond motifs is 2. The second kappa shape index (κ2) is 10.6. The number of benzene rings is 3. The van der Waals surface area contributed by atoms with Crippen molar-refractivity contribution in [2.24, 2.45) is 5.41 Å². The zero-order chi connectivity index (χ0) is 28.8. The van der Waals surface area contributed by atoms with Gasteiger partial charge in [-0.05, 0) is 114 Å². The standard InChI is InChI=1S/C37H41NO3/c1-36(2,3)31-15-13-25(14-16-31)26-17-19-37(20-18-26)22-28-12-11-27(21-30(28)23-37)35(41)38-24-29(7-6-10-34(39)40)32-8-4-5-9-33(32)38/h4-5,8-9,11-16,21,24,26H,6-7,10,17-20,22-23H2,1-3H3,(H,39,40). The summed E-state index contributed by atoms with van der Waals surface area (Å²) >= 11 is 0. The third-order valence-electron chi connectivity index (χ3n) is 9.73. The normalized spacial score (nSPS) is 20.4. The molecule has 1 N–H and O–H groups in total. The topological polar surface area (TPSA) is 59.3 Å². The number of nitrogens with zero attached hydrogens (tertiary/aromatic N) is 1. The van der Waals surface area contributed by atoms with Gasteiger partial charge in [0.2, 0.25) is 0 Å². The first kappa shape index (κ1) is 27.5. The Hall–Kier alpha value is -3.66. The van der Waals surface area contributed by atoms with Gasteiger partial charge in [-0.15, -0.1) is 0 Å². The number of hydrogen-bond donors (Lipinski definition) is 1. The summed E-state index contributed by atoms with van der Waals surface area (Å²) in [5.74, 6) is -0.164. The van der Waals surface area contributed by atoms with Crippen LogP contribution in [0.1, 0.15) is 103 Å². The minimum atomic E-state index is -0.788.